The number of imidazole rings is 1. The molecule has 0 atom stereocenters. The summed E-state index contributed by atoms with van der Waals surface area (Å²) in [5.74, 6) is 0.567. The van der Waals surface area contributed by atoms with E-state index in [4.69, 9.17) is 5.73 Å². The smallest absolute Gasteiger partial charge is 0.189 e. The minimum atomic E-state index is 0. The summed E-state index contributed by atoms with van der Waals surface area (Å²) < 4.78 is 2.06. The molecule has 3 rings (SSSR count). The molecule has 24 heavy (non-hydrogen) atoms. The Kier molecular flexibility index (Phi) is 7.55. The van der Waals surface area contributed by atoms with Crippen LogP contribution in [0.15, 0.2) is 48.0 Å². The zero-order chi connectivity index (χ0) is 15.9. The number of benzene rings is 1. The third-order valence-corrected chi connectivity index (χ3v) is 4.30. The maximum absolute atomic E-state index is 6.03. The fraction of sp³-hybridized carbons (Fsp3) is 0.444. The molecule has 0 aliphatic heterocycles. The average Bonchev–Trinajstić information content (AvgIpc) is 3.07. The van der Waals surface area contributed by atoms with Gasteiger partial charge in [0.15, 0.2) is 5.96 Å². The fourth-order valence-corrected chi connectivity index (χ4v) is 3.10. The normalized spacial score (nSPS) is 15.8. The van der Waals surface area contributed by atoms with E-state index in [9.17, 15) is 0 Å². The van der Waals surface area contributed by atoms with Crippen LogP contribution in [0.1, 0.15) is 43.2 Å². The van der Waals surface area contributed by atoms with Crippen molar-refractivity contribution in [2.45, 2.75) is 51.2 Å². The number of hydrogen-bond donors (Lipinski definition) is 2. The zero-order valence-corrected chi connectivity index (χ0v) is 16.2. The molecule has 1 saturated carbocycles. The topological polar surface area (TPSA) is 68.2 Å². The molecule has 5 nitrogen and oxygen atoms in total. The molecule has 1 aliphatic rings. The molecule has 0 bridgehead atoms. The van der Waals surface area contributed by atoms with Crippen LogP contribution in [-0.4, -0.2) is 21.6 Å². The Bertz CT molecular complexity index is 633. The number of halogens is 1. The highest BCUT2D eigenvalue weighted by molar-refractivity contribution is 14.0. The van der Waals surface area contributed by atoms with Crippen molar-refractivity contribution < 1.29 is 0 Å². The molecule has 1 aromatic carbocycles. The molecular weight excluding hydrogens is 413 g/mol. The zero-order valence-electron chi connectivity index (χ0n) is 13.9. The summed E-state index contributed by atoms with van der Waals surface area (Å²) in [6.45, 7) is 1.44. The number of guanidine groups is 1. The van der Waals surface area contributed by atoms with Crippen molar-refractivity contribution in [1.82, 2.24) is 14.9 Å². The molecule has 1 fully saturated rings. The van der Waals surface area contributed by atoms with E-state index >= 15 is 0 Å². The Morgan fingerprint density at radius 2 is 2.04 bits per heavy atom. The number of nitrogens with one attached hydrogen (secondary N) is 1. The number of nitrogens with zero attached hydrogens (tertiary/aromatic N) is 3. The SMILES string of the molecule is I.NC(=NCc1cccc(Cn2ccnc2)c1)NC1CCCCC1. The summed E-state index contributed by atoms with van der Waals surface area (Å²) in [4.78, 5) is 8.56. The Morgan fingerprint density at radius 3 is 2.79 bits per heavy atom. The second-order valence-corrected chi connectivity index (χ2v) is 6.24. The van der Waals surface area contributed by atoms with Crippen molar-refractivity contribution in [1.29, 1.82) is 0 Å². The minimum absolute atomic E-state index is 0. The van der Waals surface area contributed by atoms with Crippen LogP contribution in [0.3, 0.4) is 0 Å². The first-order valence-corrected chi connectivity index (χ1v) is 8.39. The lowest BCUT2D eigenvalue weighted by molar-refractivity contribution is 0.412. The summed E-state index contributed by atoms with van der Waals surface area (Å²) in [6, 6.07) is 8.96. The predicted octanol–water partition coefficient (Wildman–Crippen LogP) is 3.29. The van der Waals surface area contributed by atoms with E-state index in [0.717, 1.165) is 6.54 Å². The molecule has 0 spiro atoms. The van der Waals surface area contributed by atoms with E-state index in [-0.39, 0.29) is 24.0 Å². The highest BCUT2D eigenvalue weighted by Gasteiger charge is 2.13. The molecule has 0 amide bonds. The average molecular weight is 439 g/mol. The van der Waals surface area contributed by atoms with E-state index in [1.165, 1.54) is 43.2 Å². The van der Waals surface area contributed by atoms with Gasteiger partial charge in [0, 0.05) is 25.0 Å². The van der Waals surface area contributed by atoms with Gasteiger partial charge in [-0.25, -0.2) is 9.98 Å². The van der Waals surface area contributed by atoms with Gasteiger partial charge < -0.3 is 15.6 Å². The van der Waals surface area contributed by atoms with Gasteiger partial charge in [0.1, 0.15) is 0 Å². The van der Waals surface area contributed by atoms with Gasteiger partial charge in [0.2, 0.25) is 0 Å². The predicted molar refractivity (Wildman–Crippen MR) is 109 cm³/mol. The van der Waals surface area contributed by atoms with Gasteiger partial charge in [0.05, 0.1) is 12.9 Å². The van der Waals surface area contributed by atoms with Gasteiger partial charge in [-0.1, -0.05) is 43.5 Å². The quantitative estimate of drug-likeness (QED) is 0.427. The summed E-state index contributed by atoms with van der Waals surface area (Å²) >= 11 is 0. The Hall–Kier alpha value is -1.57. The minimum Gasteiger partial charge on any atom is -0.370 e. The highest BCUT2D eigenvalue weighted by Crippen LogP contribution is 2.17. The molecule has 0 radical (unpaired) electrons. The molecule has 0 saturated heterocycles. The third-order valence-electron chi connectivity index (χ3n) is 4.30. The van der Waals surface area contributed by atoms with E-state index in [1.807, 2.05) is 12.5 Å². The van der Waals surface area contributed by atoms with Crippen LogP contribution in [-0.2, 0) is 13.1 Å². The number of nitrogens with two attached hydrogens (primary N) is 1. The van der Waals surface area contributed by atoms with Crippen LogP contribution in [0.2, 0.25) is 0 Å². The first-order chi connectivity index (χ1) is 11.3. The van der Waals surface area contributed by atoms with E-state index in [2.05, 4.69) is 44.1 Å². The lowest BCUT2D eigenvalue weighted by Crippen LogP contribution is -2.41. The lowest BCUT2D eigenvalue weighted by atomic mass is 9.96. The van der Waals surface area contributed by atoms with Crippen LogP contribution in [0.5, 0.6) is 0 Å². The van der Waals surface area contributed by atoms with Crippen LogP contribution < -0.4 is 11.1 Å². The first-order valence-electron chi connectivity index (χ1n) is 8.39. The Morgan fingerprint density at radius 1 is 1.25 bits per heavy atom. The number of aromatic nitrogens is 2. The second kappa shape index (κ2) is 9.66. The Balaban J connectivity index is 0.00000208. The molecule has 3 N–H and O–H groups in total. The summed E-state index contributed by atoms with van der Waals surface area (Å²) in [7, 11) is 0. The van der Waals surface area contributed by atoms with Crippen molar-refractivity contribution in [3.63, 3.8) is 0 Å². The van der Waals surface area contributed by atoms with E-state index < -0.39 is 0 Å². The van der Waals surface area contributed by atoms with Gasteiger partial charge in [-0.3, -0.25) is 0 Å². The Labute approximate surface area is 160 Å². The lowest BCUT2D eigenvalue weighted by Gasteiger charge is -2.23. The maximum Gasteiger partial charge on any atom is 0.189 e. The van der Waals surface area contributed by atoms with Gasteiger partial charge >= 0.3 is 0 Å². The van der Waals surface area contributed by atoms with Crippen LogP contribution in [0, 0.1) is 0 Å². The third kappa shape index (κ3) is 5.81. The van der Waals surface area contributed by atoms with Gasteiger partial charge in [-0.15, -0.1) is 24.0 Å². The highest BCUT2D eigenvalue weighted by atomic mass is 127. The van der Waals surface area contributed by atoms with Crippen molar-refractivity contribution in [2.24, 2.45) is 10.7 Å². The first kappa shape index (κ1) is 18.8. The molecule has 1 heterocycles. The summed E-state index contributed by atoms with van der Waals surface area (Å²) in [5.41, 5.74) is 8.45. The monoisotopic (exact) mass is 439 g/mol. The van der Waals surface area contributed by atoms with Crippen LogP contribution >= 0.6 is 24.0 Å². The number of hydrogen-bond acceptors (Lipinski definition) is 2. The van der Waals surface area contributed by atoms with Crippen molar-refractivity contribution in [3.8, 4) is 0 Å². The van der Waals surface area contributed by atoms with Crippen molar-refractivity contribution in [2.75, 3.05) is 0 Å². The van der Waals surface area contributed by atoms with Crippen molar-refractivity contribution >= 4 is 29.9 Å². The largest absolute Gasteiger partial charge is 0.370 e. The number of rotatable bonds is 5. The summed E-state index contributed by atoms with van der Waals surface area (Å²) in [5, 5.41) is 3.36. The van der Waals surface area contributed by atoms with E-state index in [0.29, 0.717) is 18.5 Å². The molecule has 0 unspecified atom stereocenters. The molecule has 6 heteroatoms. The molecule has 1 aliphatic carbocycles. The van der Waals surface area contributed by atoms with Crippen LogP contribution in [0.25, 0.3) is 0 Å². The second-order valence-electron chi connectivity index (χ2n) is 6.24. The van der Waals surface area contributed by atoms with E-state index in [1.54, 1.807) is 6.20 Å². The molecular formula is C18H26IN5. The van der Waals surface area contributed by atoms with Gasteiger partial charge in [-0.2, -0.15) is 0 Å². The fourth-order valence-electron chi connectivity index (χ4n) is 3.10. The molecule has 130 valence electrons. The van der Waals surface area contributed by atoms with Crippen LogP contribution in [0.4, 0.5) is 0 Å². The standard InChI is InChI=1S/C18H25N5.HI/c19-18(22-17-7-2-1-3-8-17)21-12-15-5-4-6-16(11-15)13-23-10-9-20-14-23;/h4-6,9-11,14,17H,1-3,7-8,12-13H2,(H3,19,21,22);1H. The molecule has 1 aromatic heterocycles. The summed E-state index contributed by atoms with van der Waals surface area (Å²) in [6.07, 6.45) is 11.9. The van der Waals surface area contributed by atoms with Crippen molar-refractivity contribution in [3.05, 3.63) is 54.1 Å². The van der Waals surface area contributed by atoms with Gasteiger partial charge in [0.25, 0.3) is 0 Å². The van der Waals surface area contributed by atoms with Gasteiger partial charge in [-0.05, 0) is 24.0 Å². The maximum atomic E-state index is 6.03. The molecule has 2 aromatic rings. The number of aliphatic imine (C=N–C) groups is 1.